The van der Waals surface area contributed by atoms with E-state index in [9.17, 15) is 4.21 Å². The van der Waals surface area contributed by atoms with Crippen molar-refractivity contribution in [2.24, 2.45) is 0 Å². The lowest BCUT2D eigenvalue weighted by Gasteiger charge is -2.04. The molecule has 0 saturated carbocycles. The van der Waals surface area contributed by atoms with Gasteiger partial charge >= 0.3 is 0 Å². The largest absolute Gasteiger partial charge is 0.316 e. The van der Waals surface area contributed by atoms with Crippen LogP contribution >= 0.6 is 15.9 Å². The second-order valence-corrected chi connectivity index (χ2v) is 5.23. The molecular weight excluding hydrogens is 262 g/mol. The van der Waals surface area contributed by atoms with Gasteiger partial charge in [0.2, 0.25) is 0 Å². The molecule has 0 aliphatic rings. The maximum atomic E-state index is 11.8. The molecular formula is C10H14BrNOS. The quantitative estimate of drug-likeness (QED) is 0.835. The summed E-state index contributed by atoms with van der Waals surface area (Å²) in [5.74, 6) is 0.663. The molecule has 0 bridgehead atoms. The standard InChI is InChI=1S/C10H14BrNOS/c1-2-12-7-8-14(13)10-6-4-3-5-9(10)11/h3-6,12H,2,7-8H2,1H3. The molecule has 78 valence electrons. The van der Waals surface area contributed by atoms with Crippen LogP contribution in [-0.2, 0) is 10.8 Å². The Balaban J connectivity index is 2.56. The molecule has 1 atom stereocenters. The first kappa shape index (κ1) is 11.9. The summed E-state index contributed by atoms with van der Waals surface area (Å²) < 4.78 is 12.7. The summed E-state index contributed by atoms with van der Waals surface area (Å²) in [5, 5.41) is 3.16. The van der Waals surface area contributed by atoms with Gasteiger partial charge < -0.3 is 5.32 Å². The minimum Gasteiger partial charge on any atom is -0.316 e. The molecule has 0 spiro atoms. The van der Waals surface area contributed by atoms with Gasteiger partial charge in [-0.25, -0.2) is 0 Å². The van der Waals surface area contributed by atoms with Crippen LogP contribution in [0, 0.1) is 0 Å². The Morgan fingerprint density at radius 1 is 1.43 bits per heavy atom. The van der Waals surface area contributed by atoms with E-state index in [-0.39, 0.29) is 0 Å². The molecule has 0 aliphatic carbocycles. The fourth-order valence-corrected chi connectivity index (χ4v) is 2.97. The molecule has 0 amide bonds. The first-order chi connectivity index (χ1) is 6.75. The van der Waals surface area contributed by atoms with Crippen molar-refractivity contribution in [3.05, 3.63) is 28.7 Å². The third kappa shape index (κ3) is 3.52. The first-order valence-electron chi connectivity index (χ1n) is 4.59. The van der Waals surface area contributed by atoms with Crippen LogP contribution in [-0.4, -0.2) is 23.1 Å². The Morgan fingerprint density at radius 3 is 2.79 bits per heavy atom. The van der Waals surface area contributed by atoms with Crippen molar-refractivity contribution >= 4 is 26.7 Å². The van der Waals surface area contributed by atoms with Crippen LogP contribution in [0.3, 0.4) is 0 Å². The van der Waals surface area contributed by atoms with Crippen LogP contribution in [0.1, 0.15) is 6.92 Å². The molecule has 1 unspecified atom stereocenters. The summed E-state index contributed by atoms with van der Waals surface area (Å²) in [6.45, 7) is 3.76. The van der Waals surface area contributed by atoms with Gasteiger partial charge in [-0.1, -0.05) is 19.1 Å². The average molecular weight is 276 g/mol. The smallest absolute Gasteiger partial charge is 0.0553 e. The lowest BCUT2D eigenvalue weighted by Crippen LogP contribution is -2.19. The van der Waals surface area contributed by atoms with Crippen LogP contribution in [0.2, 0.25) is 0 Å². The minimum absolute atomic E-state index is 0.663. The van der Waals surface area contributed by atoms with E-state index in [1.807, 2.05) is 31.2 Å². The Morgan fingerprint density at radius 2 is 2.14 bits per heavy atom. The molecule has 1 aromatic carbocycles. The molecule has 1 N–H and O–H groups in total. The van der Waals surface area contributed by atoms with E-state index in [1.54, 1.807) is 0 Å². The topological polar surface area (TPSA) is 29.1 Å². The highest BCUT2D eigenvalue weighted by atomic mass is 79.9. The van der Waals surface area contributed by atoms with Crippen molar-refractivity contribution in [1.29, 1.82) is 0 Å². The van der Waals surface area contributed by atoms with Gasteiger partial charge in [-0.3, -0.25) is 4.21 Å². The molecule has 14 heavy (non-hydrogen) atoms. The zero-order valence-electron chi connectivity index (χ0n) is 8.13. The molecule has 1 aromatic rings. The summed E-state index contributed by atoms with van der Waals surface area (Å²) >= 11 is 3.39. The lowest BCUT2D eigenvalue weighted by molar-refractivity contribution is 0.676. The fourth-order valence-electron chi connectivity index (χ4n) is 1.08. The number of hydrogen-bond donors (Lipinski definition) is 1. The second-order valence-electron chi connectivity index (χ2n) is 2.83. The summed E-state index contributed by atoms with van der Waals surface area (Å²) in [6.07, 6.45) is 0. The van der Waals surface area contributed by atoms with Crippen LogP contribution in [0.25, 0.3) is 0 Å². The molecule has 4 heteroatoms. The third-order valence-corrected chi connectivity index (χ3v) is 4.17. The van der Waals surface area contributed by atoms with E-state index in [4.69, 9.17) is 0 Å². The summed E-state index contributed by atoms with van der Waals surface area (Å²) in [7, 11) is -0.906. The van der Waals surface area contributed by atoms with Gasteiger partial charge in [0, 0.05) is 16.8 Å². The summed E-state index contributed by atoms with van der Waals surface area (Å²) in [5.41, 5.74) is 0. The van der Waals surface area contributed by atoms with Crippen molar-refractivity contribution < 1.29 is 4.21 Å². The average Bonchev–Trinajstić information content (AvgIpc) is 2.18. The molecule has 0 saturated heterocycles. The maximum Gasteiger partial charge on any atom is 0.0553 e. The number of nitrogens with one attached hydrogen (secondary N) is 1. The maximum absolute atomic E-state index is 11.8. The zero-order valence-corrected chi connectivity index (χ0v) is 10.5. The van der Waals surface area contributed by atoms with E-state index in [0.29, 0.717) is 5.75 Å². The van der Waals surface area contributed by atoms with E-state index < -0.39 is 10.8 Å². The third-order valence-electron chi connectivity index (χ3n) is 1.80. The Hall–Kier alpha value is -0.190. The van der Waals surface area contributed by atoms with Gasteiger partial charge in [-0.2, -0.15) is 0 Å². The number of benzene rings is 1. The first-order valence-corrected chi connectivity index (χ1v) is 6.70. The zero-order chi connectivity index (χ0) is 10.4. The predicted octanol–water partition coefficient (Wildman–Crippen LogP) is 2.17. The molecule has 2 nitrogen and oxygen atoms in total. The fraction of sp³-hybridized carbons (Fsp3) is 0.400. The number of hydrogen-bond acceptors (Lipinski definition) is 2. The lowest BCUT2D eigenvalue weighted by atomic mass is 10.4. The van der Waals surface area contributed by atoms with Crippen LogP contribution in [0.4, 0.5) is 0 Å². The van der Waals surface area contributed by atoms with E-state index in [1.165, 1.54) is 0 Å². The van der Waals surface area contributed by atoms with Crippen molar-refractivity contribution in [3.8, 4) is 0 Å². The van der Waals surface area contributed by atoms with Crippen molar-refractivity contribution in [2.45, 2.75) is 11.8 Å². The van der Waals surface area contributed by atoms with Gasteiger partial charge in [-0.15, -0.1) is 0 Å². The highest BCUT2D eigenvalue weighted by Crippen LogP contribution is 2.19. The summed E-state index contributed by atoms with van der Waals surface area (Å²) in [4.78, 5) is 0.880. The summed E-state index contributed by atoms with van der Waals surface area (Å²) in [6, 6.07) is 7.65. The van der Waals surface area contributed by atoms with E-state index >= 15 is 0 Å². The van der Waals surface area contributed by atoms with Crippen LogP contribution in [0.15, 0.2) is 33.6 Å². The van der Waals surface area contributed by atoms with Crippen molar-refractivity contribution in [2.75, 3.05) is 18.8 Å². The highest BCUT2D eigenvalue weighted by molar-refractivity contribution is 9.10. The SMILES string of the molecule is CCNCCS(=O)c1ccccc1Br. The monoisotopic (exact) mass is 275 g/mol. The molecule has 0 radical (unpaired) electrons. The molecule has 0 heterocycles. The highest BCUT2D eigenvalue weighted by Gasteiger charge is 2.06. The van der Waals surface area contributed by atoms with Crippen molar-refractivity contribution in [3.63, 3.8) is 0 Å². The van der Waals surface area contributed by atoms with Gasteiger partial charge in [0.1, 0.15) is 0 Å². The Labute approximate surface area is 95.7 Å². The van der Waals surface area contributed by atoms with Crippen molar-refractivity contribution in [1.82, 2.24) is 5.32 Å². The predicted molar refractivity (Wildman–Crippen MR) is 64.0 cm³/mol. The Kier molecular flexibility index (Phi) is 5.37. The van der Waals surface area contributed by atoms with E-state index in [2.05, 4.69) is 21.2 Å². The molecule has 0 aromatic heterocycles. The van der Waals surface area contributed by atoms with Gasteiger partial charge in [0.15, 0.2) is 0 Å². The molecule has 1 rings (SSSR count). The number of rotatable bonds is 5. The van der Waals surface area contributed by atoms with Gasteiger partial charge in [0.25, 0.3) is 0 Å². The minimum atomic E-state index is -0.906. The normalized spacial score (nSPS) is 12.7. The van der Waals surface area contributed by atoms with Crippen LogP contribution < -0.4 is 5.32 Å². The molecule has 0 fully saturated rings. The van der Waals surface area contributed by atoms with E-state index in [0.717, 1.165) is 22.5 Å². The number of halogens is 1. The Bertz CT molecular complexity index is 317. The van der Waals surface area contributed by atoms with Gasteiger partial charge in [0.05, 0.1) is 15.7 Å². The van der Waals surface area contributed by atoms with Crippen LogP contribution in [0.5, 0.6) is 0 Å². The second kappa shape index (κ2) is 6.32. The molecule has 0 aliphatic heterocycles. The van der Waals surface area contributed by atoms with Gasteiger partial charge in [-0.05, 0) is 34.6 Å².